The number of carbonyl (C=O) groups excluding carboxylic acids is 1. The van der Waals surface area contributed by atoms with Gasteiger partial charge in [0.15, 0.2) is 0 Å². The van der Waals surface area contributed by atoms with Crippen LogP contribution in [0.2, 0.25) is 0 Å². The highest BCUT2D eigenvalue weighted by Crippen LogP contribution is 2.28. The van der Waals surface area contributed by atoms with Crippen molar-refractivity contribution in [2.75, 3.05) is 31.1 Å². The van der Waals surface area contributed by atoms with Gasteiger partial charge in [0, 0.05) is 25.3 Å². The molecule has 1 aromatic rings. The summed E-state index contributed by atoms with van der Waals surface area (Å²) in [5, 5.41) is 8.99. The average molecular weight is 276 g/mol. The summed E-state index contributed by atoms with van der Waals surface area (Å²) in [6.45, 7) is 6.51. The van der Waals surface area contributed by atoms with Crippen molar-refractivity contribution in [3.05, 3.63) is 29.3 Å². The van der Waals surface area contributed by atoms with Gasteiger partial charge in [-0.1, -0.05) is 0 Å². The summed E-state index contributed by atoms with van der Waals surface area (Å²) in [5.74, 6) is -0.796. The van der Waals surface area contributed by atoms with Gasteiger partial charge in [-0.15, -0.1) is 0 Å². The molecular formula is C15H20N2O3. The highest BCUT2D eigenvalue weighted by Gasteiger charge is 2.23. The third-order valence-electron chi connectivity index (χ3n) is 3.76. The van der Waals surface area contributed by atoms with Gasteiger partial charge in [-0.05, 0) is 44.0 Å². The van der Waals surface area contributed by atoms with Crippen molar-refractivity contribution < 1.29 is 14.7 Å². The van der Waals surface area contributed by atoms with Crippen LogP contribution in [0.3, 0.4) is 0 Å². The Labute approximate surface area is 118 Å². The number of likely N-dealkylation sites (N-methyl/N-ethyl adjacent to an activating group) is 1. The van der Waals surface area contributed by atoms with Crippen LogP contribution in [0.25, 0.3) is 0 Å². The molecule has 0 atom stereocenters. The summed E-state index contributed by atoms with van der Waals surface area (Å²) in [5.41, 5.74) is 2.30. The molecule has 20 heavy (non-hydrogen) atoms. The van der Waals surface area contributed by atoms with E-state index in [2.05, 4.69) is 0 Å². The number of fused-ring (bicyclic) bond motifs is 1. The fourth-order valence-electron chi connectivity index (χ4n) is 2.61. The van der Waals surface area contributed by atoms with E-state index in [1.807, 2.05) is 23.6 Å². The summed E-state index contributed by atoms with van der Waals surface area (Å²) in [6, 6.07) is 5.11. The molecular weight excluding hydrogens is 256 g/mol. The van der Waals surface area contributed by atoms with Gasteiger partial charge in [-0.25, -0.2) is 4.79 Å². The minimum Gasteiger partial charge on any atom is -0.478 e. The number of nitrogens with zero attached hydrogens (tertiary/aromatic N) is 2. The summed E-state index contributed by atoms with van der Waals surface area (Å²) in [4.78, 5) is 26.9. The molecule has 108 valence electrons. The van der Waals surface area contributed by atoms with Crippen LogP contribution in [0.1, 0.15) is 29.8 Å². The summed E-state index contributed by atoms with van der Waals surface area (Å²) >= 11 is 0. The average Bonchev–Trinajstić information content (AvgIpc) is 2.82. The predicted molar refractivity (Wildman–Crippen MR) is 77.2 cm³/mol. The molecule has 1 heterocycles. The quantitative estimate of drug-likeness (QED) is 0.887. The first-order valence-corrected chi connectivity index (χ1v) is 6.95. The van der Waals surface area contributed by atoms with E-state index in [-0.39, 0.29) is 5.91 Å². The number of rotatable bonds is 5. The molecule has 0 fully saturated rings. The highest BCUT2D eigenvalue weighted by molar-refractivity contribution is 5.89. The van der Waals surface area contributed by atoms with Crippen molar-refractivity contribution in [2.24, 2.45) is 0 Å². The van der Waals surface area contributed by atoms with Gasteiger partial charge in [-0.2, -0.15) is 0 Å². The van der Waals surface area contributed by atoms with Crippen molar-refractivity contribution in [1.29, 1.82) is 0 Å². The number of anilines is 1. The SMILES string of the molecule is CCN(CC)C(=O)CN1CCc2cc(C(=O)O)ccc21. The molecule has 0 radical (unpaired) electrons. The van der Waals surface area contributed by atoms with Crippen LogP contribution < -0.4 is 4.90 Å². The van der Waals surface area contributed by atoms with Crippen molar-refractivity contribution in [3.63, 3.8) is 0 Å². The Bertz CT molecular complexity index is 524. The number of carboxylic acids is 1. The largest absolute Gasteiger partial charge is 0.478 e. The second kappa shape index (κ2) is 5.94. The molecule has 2 rings (SSSR count). The number of carboxylic acid groups (broad SMARTS) is 1. The van der Waals surface area contributed by atoms with Gasteiger partial charge in [-0.3, -0.25) is 4.79 Å². The molecule has 0 saturated carbocycles. The molecule has 0 aromatic heterocycles. The predicted octanol–water partition coefficient (Wildman–Crippen LogP) is 1.62. The molecule has 1 aliphatic heterocycles. The number of carbonyl (C=O) groups is 2. The van der Waals surface area contributed by atoms with Crippen molar-refractivity contribution >= 4 is 17.6 Å². The first kappa shape index (κ1) is 14.4. The Morgan fingerprint density at radius 3 is 2.60 bits per heavy atom. The third kappa shape index (κ3) is 2.76. The lowest BCUT2D eigenvalue weighted by Gasteiger charge is -2.24. The fourth-order valence-corrected chi connectivity index (χ4v) is 2.61. The second-order valence-electron chi connectivity index (χ2n) is 4.89. The maximum absolute atomic E-state index is 12.1. The van der Waals surface area contributed by atoms with E-state index >= 15 is 0 Å². The molecule has 0 bridgehead atoms. The lowest BCUT2D eigenvalue weighted by atomic mass is 10.1. The van der Waals surface area contributed by atoms with Crippen LogP contribution in [0.15, 0.2) is 18.2 Å². The number of benzene rings is 1. The minimum atomic E-state index is -0.912. The first-order chi connectivity index (χ1) is 9.56. The minimum absolute atomic E-state index is 0.116. The molecule has 0 aliphatic carbocycles. The Hall–Kier alpha value is -2.04. The highest BCUT2D eigenvalue weighted by atomic mass is 16.4. The molecule has 1 aromatic carbocycles. The molecule has 5 nitrogen and oxygen atoms in total. The zero-order chi connectivity index (χ0) is 14.7. The Kier molecular flexibility index (Phi) is 4.27. The van der Waals surface area contributed by atoms with Gasteiger partial charge < -0.3 is 14.9 Å². The zero-order valence-corrected chi connectivity index (χ0v) is 11.9. The number of hydrogen-bond acceptors (Lipinski definition) is 3. The monoisotopic (exact) mass is 276 g/mol. The third-order valence-corrected chi connectivity index (χ3v) is 3.76. The molecule has 1 aliphatic rings. The van der Waals surface area contributed by atoms with Gasteiger partial charge in [0.1, 0.15) is 0 Å². The standard InChI is InChI=1S/C15H20N2O3/c1-3-16(4-2)14(18)10-17-8-7-11-9-12(15(19)20)5-6-13(11)17/h5-6,9H,3-4,7-8,10H2,1-2H3,(H,19,20). The molecule has 1 amide bonds. The maximum atomic E-state index is 12.1. The fraction of sp³-hybridized carbons (Fsp3) is 0.467. The first-order valence-electron chi connectivity index (χ1n) is 6.95. The Balaban J connectivity index is 2.12. The van der Waals surface area contributed by atoms with Gasteiger partial charge in [0.05, 0.1) is 12.1 Å². The van der Waals surface area contributed by atoms with Crippen LogP contribution in [0, 0.1) is 0 Å². The van der Waals surface area contributed by atoms with Gasteiger partial charge in [0.2, 0.25) is 5.91 Å². The van der Waals surface area contributed by atoms with E-state index < -0.39 is 5.97 Å². The number of amides is 1. The zero-order valence-electron chi connectivity index (χ0n) is 11.9. The lowest BCUT2D eigenvalue weighted by molar-refractivity contribution is -0.129. The Morgan fingerprint density at radius 1 is 1.30 bits per heavy atom. The molecule has 1 N–H and O–H groups in total. The van der Waals surface area contributed by atoms with E-state index in [1.165, 1.54) is 0 Å². The second-order valence-corrected chi connectivity index (χ2v) is 4.89. The molecule has 5 heteroatoms. The molecule has 0 saturated heterocycles. The summed E-state index contributed by atoms with van der Waals surface area (Å²) < 4.78 is 0. The van der Waals surface area contributed by atoms with E-state index in [9.17, 15) is 9.59 Å². The van der Waals surface area contributed by atoms with Crippen molar-refractivity contribution in [2.45, 2.75) is 20.3 Å². The van der Waals surface area contributed by atoms with Gasteiger partial charge >= 0.3 is 5.97 Å². The van der Waals surface area contributed by atoms with Crippen LogP contribution in [0.5, 0.6) is 0 Å². The Morgan fingerprint density at radius 2 is 2.00 bits per heavy atom. The van der Waals surface area contributed by atoms with E-state index in [1.54, 1.807) is 18.2 Å². The smallest absolute Gasteiger partial charge is 0.335 e. The summed E-state index contributed by atoms with van der Waals surface area (Å²) in [7, 11) is 0. The van der Waals surface area contributed by atoms with Gasteiger partial charge in [0.25, 0.3) is 0 Å². The van der Waals surface area contributed by atoms with Crippen LogP contribution in [-0.2, 0) is 11.2 Å². The molecule has 0 spiro atoms. The van der Waals surface area contributed by atoms with E-state index in [4.69, 9.17) is 5.11 Å². The van der Waals surface area contributed by atoms with Crippen molar-refractivity contribution in [1.82, 2.24) is 4.90 Å². The van der Waals surface area contributed by atoms with E-state index in [0.717, 1.165) is 24.2 Å². The topological polar surface area (TPSA) is 60.9 Å². The van der Waals surface area contributed by atoms with Crippen LogP contribution in [0.4, 0.5) is 5.69 Å². The lowest BCUT2D eigenvalue weighted by Crippen LogP contribution is -2.39. The van der Waals surface area contributed by atoms with Crippen molar-refractivity contribution in [3.8, 4) is 0 Å². The number of hydrogen-bond donors (Lipinski definition) is 1. The van der Waals surface area contributed by atoms with Crippen LogP contribution in [-0.4, -0.2) is 48.1 Å². The maximum Gasteiger partial charge on any atom is 0.335 e. The van der Waals surface area contributed by atoms with Crippen LogP contribution >= 0.6 is 0 Å². The number of aromatic carboxylic acids is 1. The summed E-state index contributed by atoms with van der Waals surface area (Å²) in [6.07, 6.45) is 0.794. The normalized spacial score (nSPS) is 13.2. The van der Waals surface area contributed by atoms with E-state index in [0.29, 0.717) is 25.2 Å². The molecule has 0 unspecified atom stereocenters.